The van der Waals surface area contributed by atoms with Gasteiger partial charge in [-0.15, -0.1) is 0 Å². The van der Waals surface area contributed by atoms with E-state index in [9.17, 15) is 0 Å². The SMILES string of the molecule is CC.COc1cc(NCc2ccc3nc(N)nc(N)c3c2C)cc(OC)c1OC. The standard InChI is InChI=1S/C19H23N5O3.C2H6/c1-10-11(5-6-13-16(10)18(20)24-19(21)23-13)9-22-12-7-14(25-2)17(27-4)15(8-12)26-3;1-2/h5-8,22H,9H2,1-4H3,(H4,20,21,23,24);1-2H3. The van der Waals surface area contributed by atoms with E-state index >= 15 is 0 Å². The lowest BCUT2D eigenvalue weighted by Gasteiger charge is -2.16. The maximum Gasteiger partial charge on any atom is 0.222 e. The van der Waals surface area contributed by atoms with Crippen LogP contribution in [0.15, 0.2) is 24.3 Å². The summed E-state index contributed by atoms with van der Waals surface area (Å²) in [7, 11) is 4.75. The number of nitrogens with two attached hydrogens (primary N) is 2. The average molecular weight is 399 g/mol. The number of benzene rings is 2. The van der Waals surface area contributed by atoms with Gasteiger partial charge in [-0.3, -0.25) is 0 Å². The van der Waals surface area contributed by atoms with Gasteiger partial charge in [-0.1, -0.05) is 19.9 Å². The Morgan fingerprint density at radius 1 is 0.931 bits per heavy atom. The first-order chi connectivity index (χ1) is 14.0. The summed E-state index contributed by atoms with van der Waals surface area (Å²) in [5.74, 6) is 2.27. The number of hydrogen-bond acceptors (Lipinski definition) is 8. The van der Waals surface area contributed by atoms with Crippen LogP contribution in [0.2, 0.25) is 0 Å². The first-order valence-corrected chi connectivity index (χ1v) is 9.33. The van der Waals surface area contributed by atoms with Crippen LogP contribution < -0.4 is 31.0 Å². The summed E-state index contributed by atoms with van der Waals surface area (Å²) < 4.78 is 16.1. The van der Waals surface area contributed by atoms with Gasteiger partial charge >= 0.3 is 0 Å². The molecule has 156 valence electrons. The van der Waals surface area contributed by atoms with E-state index in [0.29, 0.717) is 29.6 Å². The molecule has 8 heteroatoms. The molecule has 0 spiro atoms. The van der Waals surface area contributed by atoms with Gasteiger partial charge in [0, 0.05) is 29.8 Å². The zero-order valence-electron chi connectivity index (χ0n) is 17.8. The Morgan fingerprint density at radius 2 is 1.55 bits per heavy atom. The molecular formula is C21H29N5O3. The van der Waals surface area contributed by atoms with Gasteiger partial charge in [-0.25, -0.2) is 4.98 Å². The third kappa shape index (κ3) is 4.53. The van der Waals surface area contributed by atoms with Gasteiger partial charge in [0.05, 0.1) is 26.8 Å². The van der Waals surface area contributed by atoms with Crippen molar-refractivity contribution >= 4 is 28.4 Å². The molecule has 0 aliphatic rings. The molecular weight excluding hydrogens is 370 g/mol. The summed E-state index contributed by atoms with van der Waals surface area (Å²) in [6.45, 7) is 6.56. The van der Waals surface area contributed by atoms with Crippen molar-refractivity contribution in [3.05, 3.63) is 35.4 Å². The first-order valence-electron chi connectivity index (χ1n) is 9.33. The van der Waals surface area contributed by atoms with Crippen molar-refractivity contribution < 1.29 is 14.2 Å². The molecule has 0 unspecified atom stereocenters. The van der Waals surface area contributed by atoms with Crippen molar-refractivity contribution in [2.75, 3.05) is 38.1 Å². The summed E-state index contributed by atoms with van der Waals surface area (Å²) in [5, 5.41) is 4.19. The summed E-state index contributed by atoms with van der Waals surface area (Å²) in [5.41, 5.74) is 15.4. The van der Waals surface area contributed by atoms with Gasteiger partial charge in [0.2, 0.25) is 11.7 Å². The summed E-state index contributed by atoms with van der Waals surface area (Å²) in [6, 6.07) is 7.60. The maximum atomic E-state index is 6.04. The molecule has 0 saturated carbocycles. The Bertz CT molecular complexity index is 967. The average Bonchev–Trinajstić information content (AvgIpc) is 2.73. The highest BCUT2D eigenvalue weighted by atomic mass is 16.5. The van der Waals surface area contributed by atoms with Crippen molar-refractivity contribution in [1.82, 2.24) is 9.97 Å². The van der Waals surface area contributed by atoms with E-state index < -0.39 is 0 Å². The molecule has 2 aromatic carbocycles. The number of nitrogens with one attached hydrogen (secondary N) is 1. The number of nitrogens with zero attached hydrogens (tertiary/aromatic N) is 2. The highest BCUT2D eigenvalue weighted by Crippen LogP contribution is 2.40. The van der Waals surface area contributed by atoms with Crippen molar-refractivity contribution in [3.8, 4) is 17.2 Å². The number of hydrogen-bond donors (Lipinski definition) is 3. The minimum Gasteiger partial charge on any atom is -0.493 e. The molecule has 1 aromatic heterocycles. The van der Waals surface area contributed by atoms with Crippen LogP contribution in [0.4, 0.5) is 17.5 Å². The lowest BCUT2D eigenvalue weighted by atomic mass is 10.0. The molecule has 0 radical (unpaired) electrons. The fraction of sp³-hybridized carbons (Fsp3) is 0.333. The van der Waals surface area contributed by atoms with Gasteiger partial charge in [0.1, 0.15) is 5.82 Å². The molecule has 1 heterocycles. The largest absolute Gasteiger partial charge is 0.493 e. The van der Waals surface area contributed by atoms with Crippen LogP contribution in [-0.2, 0) is 6.54 Å². The molecule has 0 fully saturated rings. The van der Waals surface area contributed by atoms with Crippen molar-refractivity contribution in [2.24, 2.45) is 0 Å². The second kappa shape index (κ2) is 9.68. The first kappa shape index (κ1) is 21.9. The van der Waals surface area contributed by atoms with Gasteiger partial charge < -0.3 is 31.0 Å². The lowest BCUT2D eigenvalue weighted by molar-refractivity contribution is 0.324. The number of aromatic nitrogens is 2. The van der Waals surface area contributed by atoms with Crippen LogP contribution in [-0.4, -0.2) is 31.3 Å². The fourth-order valence-corrected chi connectivity index (χ4v) is 3.06. The molecule has 0 saturated heterocycles. The summed E-state index contributed by atoms with van der Waals surface area (Å²) >= 11 is 0. The molecule has 0 aliphatic heterocycles. The third-order valence-corrected chi connectivity index (χ3v) is 4.43. The quantitative estimate of drug-likeness (QED) is 0.573. The second-order valence-electron chi connectivity index (χ2n) is 5.98. The lowest BCUT2D eigenvalue weighted by Crippen LogP contribution is -2.06. The number of anilines is 3. The second-order valence-corrected chi connectivity index (χ2v) is 5.98. The summed E-state index contributed by atoms with van der Waals surface area (Å²) in [6.07, 6.45) is 0. The molecule has 0 aliphatic carbocycles. The Hall–Kier alpha value is -3.42. The van der Waals surface area contributed by atoms with Crippen LogP contribution in [0, 0.1) is 6.92 Å². The van der Waals surface area contributed by atoms with Gasteiger partial charge in [0.15, 0.2) is 11.5 Å². The number of fused-ring (bicyclic) bond motifs is 1. The molecule has 3 aromatic rings. The highest BCUT2D eigenvalue weighted by molar-refractivity contribution is 5.92. The van der Waals surface area contributed by atoms with Crippen LogP contribution >= 0.6 is 0 Å². The van der Waals surface area contributed by atoms with E-state index in [1.807, 2.05) is 45.0 Å². The predicted molar refractivity (Wildman–Crippen MR) is 118 cm³/mol. The highest BCUT2D eigenvalue weighted by Gasteiger charge is 2.14. The predicted octanol–water partition coefficient (Wildman–Crippen LogP) is 3.77. The number of ether oxygens (including phenoxy) is 3. The Balaban J connectivity index is 0.00000145. The topological polar surface area (TPSA) is 118 Å². The van der Waals surface area contributed by atoms with Crippen LogP contribution in [0.1, 0.15) is 25.0 Å². The van der Waals surface area contributed by atoms with Crippen LogP contribution in [0.25, 0.3) is 10.9 Å². The molecule has 0 amide bonds. The van der Waals surface area contributed by atoms with E-state index in [2.05, 4.69) is 15.3 Å². The number of rotatable bonds is 6. The third-order valence-electron chi connectivity index (χ3n) is 4.43. The molecule has 5 N–H and O–H groups in total. The Labute approximate surface area is 171 Å². The minimum atomic E-state index is 0.169. The smallest absolute Gasteiger partial charge is 0.222 e. The van der Waals surface area contributed by atoms with E-state index in [1.165, 1.54) is 0 Å². The van der Waals surface area contributed by atoms with Gasteiger partial charge in [-0.2, -0.15) is 4.98 Å². The van der Waals surface area contributed by atoms with Crippen LogP contribution in [0.3, 0.4) is 0 Å². The molecule has 8 nitrogen and oxygen atoms in total. The van der Waals surface area contributed by atoms with E-state index in [1.54, 1.807) is 21.3 Å². The van der Waals surface area contributed by atoms with Crippen molar-refractivity contribution in [1.29, 1.82) is 0 Å². The fourth-order valence-electron chi connectivity index (χ4n) is 3.06. The Morgan fingerprint density at radius 3 is 2.10 bits per heavy atom. The molecule has 3 rings (SSSR count). The molecule has 0 atom stereocenters. The zero-order valence-corrected chi connectivity index (χ0v) is 17.8. The van der Waals surface area contributed by atoms with Crippen LogP contribution in [0.5, 0.6) is 17.2 Å². The van der Waals surface area contributed by atoms with Crippen molar-refractivity contribution in [3.63, 3.8) is 0 Å². The van der Waals surface area contributed by atoms with E-state index in [-0.39, 0.29) is 5.95 Å². The molecule has 29 heavy (non-hydrogen) atoms. The van der Waals surface area contributed by atoms with Crippen molar-refractivity contribution in [2.45, 2.75) is 27.3 Å². The number of aryl methyl sites for hydroxylation is 1. The van der Waals surface area contributed by atoms with E-state index in [0.717, 1.165) is 27.7 Å². The number of methoxy groups -OCH3 is 3. The van der Waals surface area contributed by atoms with Gasteiger partial charge in [-0.05, 0) is 24.1 Å². The normalized spacial score (nSPS) is 10.1. The monoisotopic (exact) mass is 399 g/mol. The van der Waals surface area contributed by atoms with Gasteiger partial charge in [0.25, 0.3) is 0 Å². The number of nitrogen functional groups attached to an aromatic ring is 2. The maximum absolute atomic E-state index is 6.04. The summed E-state index contributed by atoms with van der Waals surface area (Å²) in [4.78, 5) is 8.30. The minimum absolute atomic E-state index is 0.169. The Kier molecular flexibility index (Phi) is 7.30. The zero-order chi connectivity index (χ0) is 21.6. The molecule has 0 bridgehead atoms. The van der Waals surface area contributed by atoms with E-state index in [4.69, 9.17) is 25.7 Å².